The van der Waals surface area contributed by atoms with E-state index in [0.29, 0.717) is 17.9 Å². The van der Waals surface area contributed by atoms with E-state index in [9.17, 15) is 4.79 Å². The largest absolute Gasteiger partial charge is 0.354 e. The zero-order chi connectivity index (χ0) is 11.4. The molecule has 0 fully saturated rings. The fraction of sp³-hybridized carbons (Fsp3) is 0.818. The monoisotopic (exact) mass is 211 g/mol. The summed E-state index contributed by atoms with van der Waals surface area (Å²) in [5.41, 5.74) is 0. The van der Waals surface area contributed by atoms with Crippen molar-refractivity contribution in [1.29, 1.82) is 0 Å². The number of aliphatic imine (C=N–C) groups is 1. The Morgan fingerprint density at radius 1 is 1.47 bits per heavy atom. The van der Waals surface area contributed by atoms with Gasteiger partial charge in [-0.1, -0.05) is 20.3 Å². The predicted octanol–water partition coefficient (Wildman–Crippen LogP) is 1.27. The van der Waals surface area contributed by atoms with Gasteiger partial charge in [0.05, 0.1) is 0 Å². The quantitative estimate of drug-likeness (QED) is 0.736. The molecule has 1 amide bonds. The highest BCUT2D eigenvalue weighted by molar-refractivity contribution is 6.05. The van der Waals surface area contributed by atoms with E-state index in [1.165, 1.54) is 0 Å². The second-order valence-electron chi connectivity index (χ2n) is 4.48. The Morgan fingerprint density at radius 2 is 2.13 bits per heavy atom. The Kier molecular flexibility index (Phi) is 4.12. The number of carbonyl (C=O) groups excluding carboxylic acids is 1. The average Bonchev–Trinajstić information content (AvgIpc) is 2.46. The molecule has 0 bridgehead atoms. The molecule has 1 aliphatic rings. The molecule has 1 rings (SSSR count). The molecule has 0 aromatic heterocycles. The predicted molar refractivity (Wildman–Crippen MR) is 61.7 cm³/mol. The fourth-order valence-corrected chi connectivity index (χ4v) is 1.77. The van der Waals surface area contributed by atoms with Crippen LogP contribution in [-0.2, 0) is 4.79 Å². The van der Waals surface area contributed by atoms with Crippen LogP contribution in [0.1, 0.15) is 40.5 Å². The molecule has 0 saturated heterocycles. The van der Waals surface area contributed by atoms with Crippen LogP contribution < -0.4 is 10.6 Å². The van der Waals surface area contributed by atoms with Crippen LogP contribution in [0.2, 0.25) is 0 Å². The van der Waals surface area contributed by atoms with Gasteiger partial charge in [-0.25, -0.2) is 4.99 Å². The molecule has 4 heteroatoms. The van der Waals surface area contributed by atoms with Crippen molar-refractivity contribution in [1.82, 2.24) is 10.6 Å². The fourth-order valence-electron chi connectivity index (χ4n) is 1.77. The van der Waals surface area contributed by atoms with Crippen LogP contribution >= 0.6 is 0 Å². The lowest BCUT2D eigenvalue weighted by atomic mass is 9.97. The highest BCUT2D eigenvalue weighted by Crippen LogP contribution is 2.16. The Hall–Kier alpha value is -1.06. The van der Waals surface area contributed by atoms with Crippen molar-refractivity contribution in [2.24, 2.45) is 10.9 Å². The number of rotatable bonds is 4. The second-order valence-corrected chi connectivity index (χ2v) is 4.48. The van der Waals surface area contributed by atoms with Crippen molar-refractivity contribution < 1.29 is 4.79 Å². The molecule has 0 aliphatic carbocycles. The SMILES string of the molecule is CCCC(C)C1N=C(NC(C)C)NC1=O. The molecule has 1 aliphatic heterocycles. The standard InChI is InChI=1S/C11H21N3O/c1-5-6-8(4)9-10(15)14-11(13-9)12-7(2)3/h7-9H,5-6H2,1-4H3,(H2,12,13,14,15). The summed E-state index contributed by atoms with van der Waals surface area (Å²) in [6.07, 6.45) is 2.13. The molecule has 15 heavy (non-hydrogen) atoms. The third-order valence-electron chi connectivity index (χ3n) is 2.49. The molecular weight excluding hydrogens is 190 g/mol. The molecule has 0 radical (unpaired) electrons. The highest BCUT2D eigenvalue weighted by atomic mass is 16.2. The summed E-state index contributed by atoms with van der Waals surface area (Å²) in [6, 6.07) is 0.0930. The number of guanidine groups is 1. The summed E-state index contributed by atoms with van der Waals surface area (Å²) in [4.78, 5) is 16.0. The van der Waals surface area contributed by atoms with E-state index in [0.717, 1.165) is 12.8 Å². The molecule has 0 aromatic carbocycles. The normalized spacial score (nSPS) is 22.6. The van der Waals surface area contributed by atoms with Gasteiger partial charge in [-0.15, -0.1) is 0 Å². The topological polar surface area (TPSA) is 53.5 Å². The van der Waals surface area contributed by atoms with Crippen LogP contribution in [0, 0.1) is 5.92 Å². The van der Waals surface area contributed by atoms with E-state index < -0.39 is 0 Å². The molecule has 86 valence electrons. The first kappa shape index (κ1) is 12.0. The zero-order valence-corrected chi connectivity index (χ0v) is 10.0. The maximum Gasteiger partial charge on any atom is 0.251 e. The first-order valence-corrected chi connectivity index (χ1v) is 5.69. The number of hydrogen-bond acceptors (Lipinski definition) is 3. The summed E-state index contributed by atoms with van der Waals surface area (Å²) < 4.78 is 0. The average molecular weight is 211 g/mol. The minimum atomic E-state index is -0.203. The summed E-state index contributed by atoms with van der Waals surface area (Å²) in [5.74, 6) is 0.975. The maximum absolute atomic E-state index is 11.6. The van der Waals surface area contributed by atoms with Gasteiger partial charge >= 0.3 is 0 Å². The molecule has 0 saturated carbocycles. The van der Waals surface area contributed by atoms with E-state index in [4.69, 9.17) is 0 Å². The van der Waals surface area contributed by atoms with E-state index in [1.54, 1.807) is 0 Å². The number of carbonyl (C=O) groups is 1. The van der Waals surface area contributed by atoms with Crippen molar-refractivity contribution >= 4 is 11.9 Å². The van der Waals surface area contributed by atoms with E-state index in [1.807, 2.05) is 13.8 Å². The van der Waals surface area contributed by atoms with Gasteiger partial charge in [0.25, 0.3) is 5.91 Å². The van der Waals surface area contributed by atoms with Crippen LogP contribution in [0.3, 0.4) is 0 Å². The molecule has 4 nitrogen and oxygen atoms in total. The molecule has 2 unspecified atom stereocenters. The van der Waals surface area contributed by atoms with Crippen LogP contribution in [-0.4, -0.2) is 24.0 Å². The Labute approximate surface area is 91.5 Å². The lowest BCUT2D eigenvalue weighted by Gasteiger charge is -2.12. The number of nitrogens with one attached hydrogen (secondary N) is 2. The van der Waals surface area contributed by atoms with Crippen molar-refractivity contribution in [3.63, 3.8) is 0 Å². The van der Waals surface area contributed by atoms with Gasteiger partial charge in [0.15, 0.2) is 5.96 Å². The van der Waals surface area contributed by atoms with Gasteiger partial charge < -0.3 is 5.32 Å². The lowest BCUT2D eigenvalue weighted by Crippen LogP contribution is -2.41. The van der Waals surface area contributed by atoms with Gasteiger partial charge in [0.1, 0.15) is 6.04 Å². The van der Waals surface area contributed by atoms with Gasteiger partial charge in [-0.05, 0) is 26.2 Å². The Morgan fingerprint density at radius 3 is 2.67 bits per heavy atom. The van der Waals surface area contributed by atoms with Crippen LogP contribution in [0.4, 0.5) is 0 Å². The van der Waals surface area contributed by atoms with Crippen LogP contribution in [0.25, 0.3) is 0 Å². The van der Waals surface area contributed by atoms with Crippen molar-refractivity contribution in [2.45, 2.75) is 52.6 Å². The first-order chi connectivity index (χ1) is 7.04. The van der Waals surface area contributed by atoms with Gasteiger partial charge in [0, 0.05) is 6.04 Å². The molecule has 1 heterocycles. The second kappa shape index (κ2) is 5.14. The lowest BCUT2D eigenvalue weighted by molar-refractivity contribution is -0.121. The molecule has 0 aromatic rings. The maximum atomic E-state index is 11.6. The minimum absolute atomic E-state index is 0.0269. The molecule has 0 spiro atoms. The van der Waals surface area contributed by atoms with Crippen LogP contribution in [0.15, 0.2) is 4.99 Å². The highest BCUT2D eigenvalue weighted by Gasteiger charge is 2.30. The molecule has 2 N–H and O–H groups in total. The summed E-state index contributed by atoms with van der Waals surface area (Å²) in [6.45, 7) is 8.25. The minimum Gasteiger partial charge on any atom is -0.354 e. The van der Waals surface area contributed by atoms with E-state index >= 15 is 0 Å². The number of hydrogen-bond donors (Lipinski definition) is 2. The van der Waals surface area contributed by atoms with Gasteiger partial charge in [-0.3, -0.25) is 10.1 Å². The van der Waals surface area contributed by atoms with E-state index in [-0.39, 0.29) is 11.9 Å². The number of nitrogens with zero attached hydrogens (tertiary/aromatic N) is 1. The van der Waals surface area contributed by atoms with Gasteiger partial charge in [0.2, 0.25) is 0 Å². The Bertz CT molecular complexity index is 261. The van der Waals surface area contributed by atoms with Crippen molar-refractivity contribution in [3.8, 4) is 0 Å². The molecular formula is C11H21N3O. The summed E-state index contributed by atoms with van der Waals surface area (Å²) in [7, 11) is 0. The van der Waals surface area contributed by atoms with Gasteiger partial charge in [-0.2, -0.15) is 0 Å². The van der Waals surface area contributed by atoms with Crippen molar-refractivity contribution in [2.75, 3.05) is 0 Å². The third kappa shape index (κ3) is 3.22. The first-order valence-electron chi connectivity index (χ1n) is 5.69. The molecule has 2 atom stereocenters. The number of amides is 1. The van der Waals surface area contributed by atoms with Crippen molar-refractivity contribution in [3.05, 3.63) is 0 Å². The third-order valence-corrected chi connectivity index (χ3v) is 2.49. The summed E-state index contributed by atoms with van der Waals surface area (Å²) >= 11 is 0. The zero-order valence-electron chi connectivity index (χ0n) is 10.0. The van der Waals surface area contributed by atoms with E-state index in [2.05, 4.69) is 29.5 Å². The smallest absolute Gasteiger partial charge is 0.251 e. The Balaban J connectivity index is 2.58. The summed E-state index contributed by atoms with van der Waals surface area (Å²) in [5, 5.41) is 5.89. The van der Waals surface area contributed by atoms with Crippen LogP contribution in [0.5, 0.6) is 0 Å².